The molecule has 0 atom stereocenters. The van der Waals surface area contributed by atoms with E-state index in [2.05, 4.69) is 46.0 Å². The number of pyridine rings is 2. The molecule has 1 aliphatic heterocycles. The van der Waals surface area contributed by atoms with Crippen LogP contribution in [0.25, 0.3) is 0 Å². The van der Waals surface area contributed by atoms with Crippen molar-refractivity contribution in [2.24, 2.45) is 0 Å². The molecule has 0 unspecified atom stereocenters. The molecule has 0 amide bonds. The minimum absolute atomic E-state index is 0.0137. The van der Waals surface area contributed by atoms with Crippen LogP contribution in [0.1, 0.15) is 47.1 Å². The predicted molar refractivity (Wildman–Crippen MR) is 130 cm³/mol. The third-order valence-electron chi connectivity index (χ3n) is 6.24. The van der Waals surface area contributed by atoms with E-state index in [0.29, 0.717) is 36.8 Å². The molecule has 4 rings (SSSR count). The molecule has 35 heavy (non-hydrogen) atoms. The average Bonchev–Trinajstić information content (AvgIpc) is 2.79. The third kappa shape index (κ3) is 5.18. The number of nitrogens with zero attached hydrogens (tertiary/aromatic N) is 3. The molecule has 1 aliphatic rings. The van der Waals surface area contributed by atoms with Gasteiger partial charge in [-0.3, -0.25) is 0 Å². The van der Waals surface area contributed by atoms with Crippen molar-refractivity contribution in [3.8, 4) is 5.88 Å². The van der Waals surface area contributed by atoms with Crippen LogP contribution in [-0.2, 0) is 5.41 Å². The number of carbonyl (C=O) groups is 1. The zero-order valence-electron chi connectivity index (χ0n) is 19.8. The number of rotatable bonds is 9. The van der Waals surface area contributed by atoms with Crippen LogP contribution in [0.2, 0.25) is 0 Å². The van der Waals surface area contributed by atoms with Crippen molar-refractivity contribution in [2.75, 3.05) is 29.9 Å². The molecule has 3 aromatic rings. The molecule has 9 heteroatoms. The molecule has 0 spiro atoms. The van der Waals surface area contributed by atoms with Crippen molar-refractivity contribution in [3.63, 3.8) is 0 Å². The minimum Gasteiger partial charge on any atom is -0.477 e. The quantitative estimate of drug-likeness (QED) is 0.440. The monoisotopic (exact) mass is 482 g/mol. The Balaban J connectivity index is 1.65. The Bertz CT molecular complexity index is 1210. The molecular formula is C26H28F2N4O3. The summed E-state index contributed by atoms with van der Waals surface area (Å²) in [4.78, 5) is 21.8. The van der Waals surface area contributed by atoms with E-state index in [1.807, 2.05) is 17.0 Å². The highest BCUT2D eigenvalue weighted by atomic mass is 19.3. The number of carboxylic acids is 1. The van der Waals surface area contributed by atoms with Gasteiger partial charge in [0.15, 0.2) is 5.69 Å². The van der Waals surface area contributed by atoms with Crippen LogP contribution < -0.4 is 15.0 Å². The van der Waals surface area contributed by atoms with E-state index >= 15 is 0 Å². The number of hydrogen-bond donors (Lipinski definition) is 2. The Morgan fingerprint density at radius 1 is 1.11 bits per heavy atom. The van der Waals surface area contributed by atoms with Crippen LogP contribution in [0.4, 0.5) is 20.3 Å². The molecule has 1 aromatic carbocycles. The van der Waals surface area contributed by atoms with Gasteiger partial charge in [0.1, 0.15) is 5.82 Å². The number of nitrogens with one attached hydrogen (secondary N) is 1. The number of benzene rings is 1. The molecule has 0 radical (unpaired) electrons. The van der Waals surface area contributed by atoms with E-state index < -0.39 is 12.6 Å². The fourth-order valence-electron chi connectivity index (χ4n) is 4.53. The fraction of sp³-hybridized carbons (Fsp3) is 0.346. The second-order valence-electron chi connectivity index (χ2n) is 9.10. The second-order valence-corrected chi connectivity index (χ2v) is 9.10. The summed E-state index contributed by atoms with van der Waals surface area (Å²) in [6.45, 7) is 4.58. The smallest absolute Gasteiger partial charge is 0.388 e. The Labute approximate surface area is 202 Å². The zero-order valence-corrected chi connectivity index (χ0v) is 19.8. The van der Waals surface area contributed by atoms with E-state index in [4.69, 9.17) is 0 Å². The maximum atomic E-state index is 13.0. The largest absolute Gasteiger partial charge is 0.477 e. The van der Waals surface area contributed by atoms with Gasteiger partial charge in [-0.25, -0.2) is 14.8 Å². The summed E-state index contributed by atoms with van der Waals surface area (Å²) in [7, 11) is 0. The van der Waals surface area contributed by atoms with Gasteiger partial charge in [-0.2, -0.15) is 8.78 Å². The molecule has 1 fully saturated rings. The molecule has 0 bridgehead atoms. The fourth-order valence-corrected chi connectivity index (χ4v) is 4.53. The summed E-state index contributed by atoms with van der Waals surface area (Å²) >= 11 is 0. The lowest BCUT2D eigenvalue weighted by atomic mass is 9.70. The van der Waals surface area contributed by atoms with Gasteiger partial charge in [0.25, 0.3) is 0 Å². The Hall–Kier alpha value is -3.75. The maximum Gasteiger partial charge on any atom is 0.388 e. The first-order valence-electron chi connectivity index (χ1n) is 11.4. The van der Waals surface area contributed by atoms with Crippen LogP contribution in [0.15, 0.2) is 54.6 Å². The van der Waals surface area contributed by atoms with Gasteiger partial charge in [-0.15, -0.1) is 0 Å². The summed E-state index contributed by atoms with van der Waals surface area (Å²) in [5.74, 6) is -0.353. The molecule has 3 heterocycles. The molecule has 2 N–H and O–H groups in total. The molecule has 0 aliphatic carbocycles. The van der Waals surface area contributed by atoms with Crippen molar-refractivity contribution < 1.29 is 23.4 Å². The molecule has 7 nitrogen and oxygen atoms in total. The van der Waals surface area contributed by atoms with Gasteiger partial charge in [-0.1, -0.05) is 44.2 Å². The van der Waals surface area contributed by atoms with Crippen molar-refractivity contribution >= 4 is 17.5 Å². The van der Waals surface area contributed by atoms with E-state index in [9.17, 15) is 18.7 Å². The highest BCUT2D eigenvalue weighted by Gasteiger charge is 2.46. The molecular weight excluding hydrogens is 454 g/mol. The molecule has 184 valence electrons. The number of hydrogen-bond acceptors (Lipinski definition) is 6. The number of aromatic carboxylic acids is 1. The van der Waals surface area contributed by atoms with E-state index in [1.165, 1.54) is 11.6 Å². The first kappa shape index (κ1) is 24.4. The maximum absolute atomic E-state index is 13.0. The number of aromatic nitrogens is 2. The van der Waals surface area contributed by atoms with Crippen LogP contribution in [0, 0.1) is 6.92 Å². The van der Waals surface area contributed by atoms with Gasteiger partial charge in [0.05, 0.1) is 5.69 Å². The number of carboxylic acid groups (broad SMARTS) is 1. The van der Waals surface area contributed by atoms with Crippen LogP contribution in [-0.4, -0.2) is 47.3 Å². The normalized spacial score (nSPS) is 14.7. The van der Waals surface area contributed by atoms with Gasteiger partial charge < -0.3 is 20.1 Å². The van der Waals surface area contributed by atoms with Crippen molar-refractivity contribution in [1.82, 2.24) is 9.97 Å². The lowest BCUT2D eigenvalue weighted by Gasteiger charge is -2.52. The summed E-state index contributed by atoms with van der Waals surface area (Å²) in [5, 5.41) is 12.6. The average molecular weight is 483 g/mol. The summed E-state index contributed by atoms with van der Waals surface area (Å²) in [5.41, 5.74) is 2.94. The Kier molecular flexibility index (Phi) is 6.86. The standard InChI is InChI=1S/C26H28F2N4O3/c1-16(2)18-7-4-5-8-19(18)26(13-29-20-12-11-17(3)30-23(20)35-25(27)28)14-32(15-26)22-10-6-9-21(31-22)24(33)34/h4-12,16,25,29H,13-15H2,1-3H3,(H,33,34). The predicted octanol–water partition coefficient (Wildman–Crippen LogP) is 5.08. The highest BCUT2D eigenvalue weighted by molar-refractivity contribution is 5.85. The molecule has 2 aromatic heterocycles. The third-order valence-corrected chi connectivity index (χ3v) is 6.24. The summed E-state index contributed by atoms with van der Waals surface area (Å²) < 4.78 is 30.6. The van der Waals surface area contributed by atoms with Crippen molar-refractivity contribution in [3.05, 3.63) is 77.1 Å². The minimum atomic E-state index is -2.98. The van der Waals surface area contributed by atoms with Gasteiger partial charge in [-0.05, 0) is 48.2 Å². The van der Waals surface area contributed by atoms with E-state index in [1.54, 1.807) is 31.2 Å². The SMILES string of the molecule is Cc1ccc(NCC2(c3ccccc3C(C)C)CN(c3cccc(C(=O)O)n3)C2)c(OC(F)F)n1. The topological polar surface area (TPSA) is 87.6 Å². The number of halogens is 2. The first-order valence-corrected chi connectivity index (χ1v) is 11.4. The van der Waals surface area contributed by atoms with Crippen LogP contribution in [0.3, 0.4) is 0 Å². The van der Waals surface area contributed by atoms with E-state index in [0.717, 1.165) is 5.56 Å². The number of anilines is 2. The lowest BCUT2D eigenvalue weighted by molar-refractivity contribution is -0.0524. The van der Waals surface area contributed by atoms with Gasteiger partial charge in [0.2, 0.25) is 5.88 Å². The van der Waals surface area contributed by atoms with Crippen molar-refractivity contribution in [1.29, 1.82) is 0 Å². The summed E-state index contributed by atoms with van der Waals surface area (Å²) in [6, 6.07) is 16.6. The van der Waals surface area contributed by atoms with Crippen LogP contribution >= 0.6 is 0 Å². The number of alkyl halides is 2. The molecule has 1 saturated heterocycles. The summed E-state index contributed by atoms with van der Waals surface area (Å²) in [6.07, 6.45) is 0. The highest BCUT2D eigenvalue weighted by Crippen LogP contribution is 2.41. The van der Waals surface area contributed by atoms with Gasteiger partial charge in [0, 0.05) is 30.7 Å². The lowest BCUT2D eigenvalue weighted by Crippen LogP contribution is -2.63. The Morgan fingerprint density at radius 3 is 2.54 bits per heavy atom. The molecule has 0 saturated carbocycles. The van der Waals surface area contributed by atoms with Crippen molar-refractivity contribution in [2.45, 2.75) is 38.7 Å². The first-order chi connectivity index (χ1) is 16.7. The second kappa shape index (κ2) is 9.85. The van der Waals surface area contributed by atoms with Crippen LogP contribution in [0.5, 0.6) is 5.88 Å². The Morgan fingerprint density at radius 2 is 1.86 bits per heavy atom. The van der Waals surface area contributed by atoms with E-state index in [-0.39, 0.29) is 22.9 Å². The number of ether oxygens (including phenoxy) is 1. The number of aryl methyl sites for hydroxylation is 1. The zero-order chi connectivity index (χ0) is 25.2. The van der Waals surface area contributed by atoms with Gasteiger partial charge >= 0.3 is 12.6 Å².